The number of thioether (sulfide) groups is 1. The van der Waals surface area contributed by atoms with E-state index in [2.05, 4.69) is 45.8 Å². The molecule has 3 aromatic rings. The van der Waals surface area contributed by atoms with Gasteiger partial charge in [-0.15, -0.1) is 10.2 Å². The van der Waals surface area contributed by atoms with Crippen LogP contribution in [-0.2, 0) is 10.5 Å². The molecule has 1 aromatic heterocycles. The monoisotopic (exact) mass is 463 g/mol. The van der Waals surface area contributed by atoms with Crippen molar-refractivity contribution in [1.29, 1.82) is 0 Å². The summed E-state index contributed by atoms with van der Waals surface area (Å²) in [5, 5.41) is 14.2. The van der Waals surface area contributed by atoms with Crippen molar-refractivity contribution in [2.75, 3.05) is 5.32 Å². The summed E-state index contributed by atoms with van der Waals surface area (Å²) >= 11 is 14.5. The van der Waals surface area contributed by atoms with Gasteiger partial charge in [0.05, 0.1) is 5.92 Å². The fraction of sp³-hybridized carbons (Fsp3) is 0.286. The first-order chi connectivity index (χ1) is 13.9. The Kier molecular flexibility index (Phi) is 5.89. The van der Waals surface area contributed by atoms with E-state index in [9.17, 15) is 4.79 Å². The number of fused-ring (bicyclic) bond motifs is 1. The molecule has 2 atom stereocenters. The van der Waals surface area contributed by atoms with E-state index in [4.69, 9.17) is 23.2 Å². The van der Waals surface area contributed by atoms with E-state index in [1.54, 1.807) is 17.8 Å². The number of carbonyl (C=O) groups is 1. The SMILES string of the molecule is CC1(C)C(C=C(Cl)Cl)C1C(=O)Nc1nnc(SCc2cccc3ccccc23)s1. The number of nitrogens with zero attached hydrogens (tertiary/aromatic N) is 2. The molecular weight excluding hydrogens is 445 g/mol. The highest BCUT2D eigenvalue weighted by molar-refractivity contribution is 8.00. The van der Waals surface area contributed by atoms with Crippen LogP contribution in [0.1, 0.15) is 19.4 Å². The minimum absolute atomic E-state index is 0.0284. The highest BCUT2D eigenvalue weighted by atomic mass is 35.5. The first-order valence-electron chi connectivity index (χ1n) is 9.13. The third-order valence-corrected chi connectivity index (χ3v) is 7.64. The fourth-order valence-electron chi connectivity index (χ4n) is 3.68. The third-order valence-electron chi connectivity index (χ3n) is 5.37. The van der Waals surface area contributed by atoms with E-state index in [0.717, 1.165) is 10.1 Å². The number of halogens is 2. The first-order valence-corrected chi connectivity index (χ1v) is 11.7. The van der Waals surface area contributed by atoms with Crippen molar-refractivity contribution in [2.24, 2.45) is 17.3 Å². The lowest BCUT2D eigenvalue weighted by atomic mass is 10.1. The second-order valence-corrected chi connectivity index (χ2v) is 10.8. The largest absolute Gasteiger partial charge is 0.300 e. The minimum Gasteiger partial charge on any atom is -0.300 e. The molecular formula is C21H19Cl2N3OS2. The van der Waals surface area contributed by atoms with Crippen LogP contribution in [0, 0.1) is 17.3 Å². The van der Waals surface area contributed by atoms with Crippen molar-refractivity contribution in [1.82, 2.24) is 10.2 Å². The third kappa shape index (κ3) is 4.45. The summed E-state index contributed by atoms with van der Waals surface area (Å²) in [6, 6.07) is 14.6. The van der Waals surface area contributed by atoms with Gasteiger partial charge in [0.1, 0.15) is 4.49 Å². The maximum Gasteiger partial charge on any atom is 0.230 e. The molecule has 4 nitrogen and oxygen atoms in total. The van der Waals surface area contributed by atoms with E-state index in [-0.39, 0.29) is 27.6 Å². The number of carbonyl (C=O) groups excluding carboxylic acids is 1. The van der Waals surface area contributed by atoms with Gasteiger partial charge in [-0.05, 0) is 33.7 Å². The molecule has 0 aliphatic heterocycles. The topological polar surface area (TPSA) is 54.9 Å². The number of hydrogen-bond donors (Lipinski definition) is 1. The Morgan fingerprint density at radius 3 is 2.76 bits per heavy atom. The highest BCUT2D eigenvalue weighted by Gasteiger charge is 2.60. The summed E-state index contributed by atoms with van der Waals surface area (Å²) < 4.78 is 1.02. The molecule has 8 heteroatoms. The highest BCUT2D eigenvalue weighted by Crippen LogP contribution is 2.60. The molecule has 2 aromatic carbocycles. The van der Waals surface area contributed by atoms with Gasteiger partial charge in [0.15, 0.2) is 4.34 Å². The van der Waals surface area contributed by atoms with Crippen LogP contribution >= 0.6 is 46.3 Å². The molecule has 1 amide bonds. The number of hydrogen-bond acceptors (Lipinski definition) is 5. The zero-order chi connectivity index (χ0) is 20.6. The Labute approximate surface area is 187 Å². The number of nitrogens with one attached hydrogen (secondary N) is 1. The van der Waals surface area contributed by atoms with Crippen LogP contribution in [0.3, 0.4) is 0 Å². The molecule has 1 aliphatic rings. The van der Waals surface area contributed by atoms with Crippen LogP contribution < -0.4 is 5.32 Å². The Balaban J connectivity index is 1.39. The molecule has 0 bridgehead atoms. The molecule has 150 valence electrons. The van der Waals surface area contributed by atoms with Crippen LogP contribution in [0.5, 0.6) is 0 Å². The zero-order valence-electron chi connectivity index (χ0n) is 15.9. The first kappa shape index (κ1) is 20.7. The van der Waals surface area contributed by atoms with Gasteiger partial charge in [0.25, 0.3) is 0 Å². The predicted octanol–water partition coefficient (Wildman–Crippen LogP) is 6.51. The number of aromatic nitrogens is 2. The number of allylic oxidation sites excluding steroid dienone is 1. The van der Waals surface area contributed by atoms with Crippen LogP contribution in [0.4, 0.5) is 5.13 Å². The summed E-state index contributed by atoms with van der Waals surface area (Å²) in [4.78, 5) is 12.6. The molecule has 0 radical (unpaired) electrons. The maximum atomic E-state index is 12.6. The van der Waals surface area contributed by atoms with Gasteiger partial charge in [0, 0.05) is 5.75 Å². The fourth-order valence-corrected chi connectivity index (χ4v) is 5.72. The van der Waals surface area contributed by atoms with Crippen LogP contribution in [0.25, 0.3) is 10.8 Å². The minimum atomic E-state index is -0.175. The maximum absolute atomic E-state index is 12.6. The van der Waals surface area contributed by atoms with Crippen LogP contribution in [0.15, 0.2) is 57.4 Å². The van der Waals surface area contributed by atoms with Crippen molar-refractivity contribution in [3.05, 3.63) is 58.6 Å². The van der Waals surface area contributed by atoms with Crippen molar-refractivity contribution in [2.45, 2.75) is 23.9 Å². The number of rotatable bonds is 6. The quantitative estimate of drug-likeness (QED) is 0.334. The van der Waals surface area contributed by atoms with E-state index in [0.29, 0.717) is 5.13 Å². The van der Waals surface area contributed by atoms with Gasteiger partial charge >= 0.3 is 0 Å². The molecule has 4 rings (SSSR count). The van der Waals surface area contributed by atoms with Gasteiger partial charge in [-0.3, -0.25) is 4.79 Å². The van der Waals surface area contributed by atoms with Gasteiger partial charge in [-0.2, -0.15) is 0 Å². The van der Waals surface area contributed by atoms with Crippen molar-refractivity contribution in [3.8, 4) is 0 Å². The molecule has 1 heterocycles. The summed E-state index contributed by atoms with van der Waals surface area (Å²) in [6.07, 6.45) is 1.74. The molecule has 1 fully saturated rings. The van der Waals surface area contributed by atoms with Crippen molar-refractivity contribution >= 4 is 68.1 Å². The van der Waals surface area contributed by atoms with Gasteiger partial charge in [-0.25, -0.2) is 0 Å². The van der Waals surface area contributed by atoms with Crippen molar-refractivity contribution in [3.63, 3.8) is 0 Å². The van der Waals surface area contributed by atoms with Gasteiger partial charge in [0.2, 0.25) is 11.0 Å². The molecule has 1 N–H and O–H groups in total. The summed E-state index contributed by atoms with van der Waals surface area (Å²) in [5.41, 5.74) is 1.08. The lowest BCUT2D eigenvalue weighted by Gasteiger charge is -2.04. The second kappa shape index (κ2) is 8.26. The molecule has 2 unspecified atom stereocenters. The lowest BCUT2D eigenvalue weighted by Crippen LogP contribution is -2.16. The lowest BCUT2D eigenvalue weighted by molar-refractivity contribution is -0.118. The Morgan fingerprint density at radius 1 is 1.21 bits per heavy atom. The summed E-state index contributed by atoms with van der Waals surface area (Å²) in [6.45, 7) is 4.06. The number of amides is 1. The molecule has 29 heavy (non-hydrogen) atoms. The second-order valence-electron chi connectivity index (χ2n) is 7.57. The average molecular weight is 464 g/mol. The van der Waals surface area contributed by atoms with Gasteiger partial charge < -0.3 is 5.32 Å². The Hall–Kier alpha value is -1.60. The zero-order valence-corrected chi connectivity index (χ0v) is 19.0. The molecule has 1 aliphatic carbocycles. The summed E-state index contributed by atoms with van der Waals surface area (Å²) in [7, 11) is 0. The van der Waals surface area contributed by atoms with E-state index in [1.165, 1.54) is 27.7 Å². The number of anilines is 1. The van der Waals surface area contributed by atoms with Crippen molar-refractivity contribution < 1.29 is 4.79 Å². The normalized spacial score (nSPS) is 19.7. The molecule has 0 saturated heterocycles. The van der Waals surface area contributed by atoms with E-state index >= 15 is 0 Å². The predicted molar refractivity (Wildman–Crippen MR) is 123 cm³/mol. The van der Waals surface area contributed by atoms with E-state index in [1.807, 2.05) is 26.0 Å². The average Bonchev–Trinajstić information content (AvgIpc) is 3.00. The number of benzene rings is 2. The Bertz CT molecular complexity index is 1090. The smallest absolute Gasteiger partial charge is 0.230 e. The van der Waals surface area contributed by atoms with Crippen LogP contribution in [0.2, 0.25) is 0 Å². The van der Waals surface area contributed by atoms with Gasteiger partial charge in [-0.1, -0.05) is 103 Å². The molecule has 0 spiro atoms. The Morgan fingerprint density at radius 2 is 1.97 bits per heavy atom. The molecule has 1 saturated carbocycles. The van der Waals surface area contributed by atoms with Crippen LogP contribution in [-0.4, -0.2) is 16.1 Å². The summed E-state index contributed by atoms with van der Waals surface area (Å²) in [5.74, 6) is 0.569. The van der Waals surface area contributed by atoms with E-state index < -0.39 is 0 Å². The standard InChI is InChI=1S/C21H19Cl2N3OS2/c1-21(2)15(10-16(22)23)17(21)18(27)24-19-25-26-20(29-19)28-11-13-8-5-7-12-6-3-4-9-14(12)13/h3-10,15,17H,11H2,1-2H3,(H,24,25,27).